The van der Waals surface area contributed by atoms with Crippen molar-refractivity contribution < 1.29 is 30.0 Å². The van der Waals surface area contributed by atoms with Gasteiger partial charge in [0.15, 0.2) is 6.10 Å². The van der Waals surface area contributed by atoms with Gasteiger partial charge in [-0.3, -0.25) is 9.59 Å². The molecule has 0 aliphatic heterocycles. The molecule has 0 saturated heterocycles. The van der Waals surface area contributed by atoms with Crippen molar-refractivity contribution in [2.45, 2.75) is 238 Å². The van der Waals surface area contributed by atoms with E-state index in [0.717, 1.165) is 84.2 Å². The van der Waals surface area contributed by atoms with E-state index in [1.54, 1.807) is 0 Å². The summed E-state index contributed by atoms with van der Waals surface area (Å²) in [4.78, 5) is 24.2. The monoisotopic (exact) mass is 829 g/mol. The first kappa shape index (κ1) is 56.6. The quantitative estimate of drug-likeness (QED) is 0.0227. The highest BCUT2D eigenvalue weighted by atomic mass is 16.4. The van der Waals surface area contributed by atoms with E-state index in [1.165, 1.54) is 148 Å². The van der Waals surface area contributed by atoms with Crippen LogP contribution in [0.1, 0.15) is 213 Å². The Labute approximate surface area is 356 Å². The second-order valence-corrected chi connectivity index (χ2v) is 16.9. The van der Waals surface area contributed by atoms with Gasteiger partial charge in [-0.25, -0.2) is 10.4 Å². The predicted octanol–water partition coefficient (Wildman–Crippen LogP) is 7.41. The molecule has 0 heterocycles. The number of nitrogens with two attached hydrogens (primary N) is 1. The molecule has 0 aromatic rings. The molecule has 58 heavy (non-hydrogen) atoms. The maximum Gasteiger partial charge on any atom is 0.251 e. The number of aliphatic hydroxyl groups excluding tert-OH is 4. The van der Waals surface area contributed by atoms with Crippen molar-refractivity contribution in [1.29, 1.82) is 0 Å². The lowest BCUT2D eigenvalue weighted by atomic mass is 10.0. The van der Waals surface area contributed by atoms with E-state index in [-0.39, 0.29) is 5.91 Å². The summed E-state index contributed by atoms with van der Waals surface area (Å²) < 4.78 is 0. The van der Waals surface area contributed by atoms with Crippen molar-refractivity contribution in [1.82, 2.24) is 26.2 Å². The lowest BCUT2D eigenvalue weighted by molar-refractivity contribution is -0.145. The fourth-order valence-corrected chi connectivity index (χ4v) is 7.35. The van der Waals surface area contributed by atoms with Crippen molar-refractivity contribution in [3.8, 4) is 0 Å². The van der Waals surface area contributed by atoms with Crippen molar-refractivity contribution in [3.63, 3.8) is 0 Å². The second-order valence-electron chi connectivity index (χ2n) is 16.9. The molecule has 0 aromatic heterocycles. The molecule has 0 unspecified atom stereocenters. The number of hydrogen-bond donors (Lipinski definition) is 8. The highest BCUT2D eigenvalue weighted by molar-refractivity contribution is 5.81. The SMILES string of the molecule is CCCCN(NCCCN)N(CCC)CCCCCCNC(=O)CCCCCCCCCCCCCCCCCCCCCCCNC(=O)[C@H](O)[C@@H](O)[C@H](O)[C@@H](C)O. The molecule has 0 radical (unpaired) electrons. The Morgan fingerprint density at radius 1 is 0.500 bits per heavy atom. The lowest BCUT2D eigenvalue weighted by Gasteiger charge is -2.35. The Kier molecular flexibility index (Phi) is 41.3. The summed E-state index contributed by atoms with van der Waals surface area (Å²) in [7, 11) is 0. The van der Waals surface area contributed by atoms with Gasteiger partial charge >= 0.3 is 0 Å². The second kappa shape index (κ2) is 42.3. The fraction of sp³-hybridized carbons (Fsp3) is 0.957. The van der Waals surface area contributed by atoms with E-state index in [4.69, 9.17) is 5.73 Å². The minimum atomic E-state index is -1.76. The van der Waals surface area contributed by atoms with E-state index < -0.39 is 30.3 Å². The number of aliphatic hydroxyl groups is 4. The maximum atomic E-state index is 12.3. The molecule has 0 aliphatic carbocycles. The number of nitrogens with one attached hydrogen (secondary N) is 3. The Morgan fingerprint density at radius 2 is 0.948 bits per heavy atom. The number of carbonyl (C=O) groups is 2. The molecule has 0 aromatic carbocycles. The largest absolute Gasteiger partial charge is 0.391 e. The van der Waals surface area contributed by atoms with Crippen molar-refractivity contribution in [3.05, 3.63) is 0 Å². The van der Waals surface area contributed by atoms with Crippen LogP contribution in [0, 0.1) is 0 Å². The van der Waals surface area contributed by atoms with E-state index in [2.05, 4.69) is 40.0 Å². The normalized spacial score (nSPS) is 13.9. The summed E-state index contributed by atoms with van der Waals surface area (Å²) in [5.41, 5.74) is 9.29. The number of rotatable bonds is 45. The summed E-state index contributed by atoms with van der Waals surface area (Å²) >= 11 is 0. The number of unbranched alkanes of at least 4 members (excludes halogenated alkanes) is 24. The predicted molar refractivity (Wildman–Crippen MR) is 241 cm³/mol. The van der Waals surface area contributed by atoms with E-state index >= 15 is 0 Å². The minimum Gasteiger partial charge on any atom is -0.391 e. The summed E-state index contributed by atoms with van der Waals surface area (Å²) in [5.74, 6) is -0.501. The zero-order chi connectivity index (χ0) is 42.9. The molecule has 0 spiro atoms. The van der Waals surface area contributed by atoms with E-state index in [0.29, 0.717) is 13.0 Å². The highest BCUT2D eigenvalue weighted by Crippen LogP contribution is 2.16. The lowest BCUT2D eigenvalue weighted by Crippen LogP contribution is -2.52. The topological polar surface area (TPSA) is 184 Å². The van der Waals surface area contributed by atoms with Crippen LogP contribution in [0.25, 0.3) is 0 Å². The van der Waals surface area contributed by atoms with Crippen LogP contribution in [0.5, 0.6) is 0 Å². The molecular formula is C46H96N6O6. The number of hydrazine groups is 2. The van der Waals surface area contributed by atoms with Crippen LogP contribution < -0.4 is 21.8 Å². The zero-order valence-electron chi connectivity index (χ0n) is 38.0. The van der Waals surface area contributed by atoms with Crippen LogP contribution in [-0.4, -0.2) is 113 Å². The average Bonchev–Trinajstić information content (AvgIpc) is 3.21. The first-order valence-electron chi connectivity index (χ1n) is 24.4. The molecule has 346 valence electrons. The van der Waals surface area contributed by atoms with Gasteiger partial charge in [0, 0.05) is 45.7 Å². The number of nitrogens with zero attached hydrogens (tertiary/aromatic N) is 2. The molecule has 12 heteroatoms. The Bertz CT molecular complexity index is 903. The van der Waals surface area contributed by atoms with Gasteiger partial charge in [0.25, 0.3) is 5.91 Å². The summed E-state index contributed by atoms with van der Waals surface area (Å²) in [5, 5.41) is 49.0. The third kappa shape index (κ3) is 34.3. The summed E-state index contributed by atoms with van der Waals surface area (Å²) in [6.45, 7) is 11.9. The van der Waals surface area contributed by atoms with Gasteiger partial charge in [0.1, 0.15) is 12.2 Å². The first-order chi connectivity index (χ1) is 28.2. The number of carbonyl (C=O) groups excluding carboxylic acids is 2. The van der Waals surface area contributed by atoms with Gasteiger partial charge in [-0.1, -0.05) is 155 Å². The molecule has 2 amide bonds. The maximum absolute atomic E-state index is 12.3. The molecule has 0 bridgehead atoms. The van der Waals surface area contributed by atoms with Crippen molar-refractivity contribution in [2.24, 2.45) is 5.73 Å². The molecule has 9 N–H and O–H groups in total. The summed E-state index contributed by atoms with van der Waals surface area (Å²) in [6.07, 6.45) is 29.8. The molecule has 0 aliphatic rings. The van der Waals surface area contributed by atoms with Crippen LogP contribution in [0.4, 0.5) is 0 Å². The van der Waals surface area contributed by atoms with Crippen molar-refractivity contribution in [2.75, 3.05) is 45.8 Å². The third-order valence-corrected chi connectivity index (χ3v) is 11.2. The Morgan fingerprint density at radius 3 is 1.40 bits per heavy atom. The van der Waals surface area contributed by atoms with Gasteiger partial charge in [0.05, 0.1) is 6.10 Å². The van der Waals surface area contributed by atoms with Gasteiger partial charge in [-0.2, -0.15) is 5.12 Å². The van der Waals surface area contributed by atoms with Crippen LogP contribution in [0.3, 0.4) is 0 Å². The minimum absolute atomic E-state index is 0.225. The first-order valence-corrected chi connectivity index (χ1v) is 24.4. The summed E-state index contributed by atoms with van der Waals surface area (Å²) in [6, 6.07) is 0. The third-order valence-electron chi connectivity index (χ3n) is 11.2. The van der Waals surface area contributed by atoms with Gasteiger partial charge in [0.2, 0.25) is 5.91 Å². The highest BCUT2D eigenvalue weighted by Gasteiger charge is 2.32. The van der Waals surface area contributed by atoms with Crippen molar-refractivity contribution >= 4 is 11.8 Å². The zero-order valence-corrected chi connectivity index (χ0v) is 38.0. The standard InChI is InChI=1S/C46H96N6O6/c1-4-6-40-52(50-37-32-34-47)51(38-5-2)39-31-27-26-29-35-48-42(54)33-28-24-22-20-18-16-14-12-10-8-7-9-11-13-15-17-19-21-23-25-30-36-49-46(58)45(57)44(56)43(55)41(3)53/h41,43-45,50,53,55-57H,4-40,47H2,1-3H3,(H,48,54)(H,49,58)/t41-,43-,44+,45-/m1/s1. The molecule has 4 atom stereocenters. The van der Waals surface area contributed by atoms with Crippen LogP contribution in [-0.2, 0) is 9.59 Å². The van der Waals surface area contributed by atoms with Crippen LogP contribution in [0.15, 0.2) is 0 Å². The Balaban J connectivity index is 3.49. The Hall–Kier alpha value is -1.38. The van der Waals surface area contributed by atoms with Crippen LogP contribution >= 0.6 is 0 Å². The molecule has 0 rings (SSSR count). The van der Waals surface area contributed by atoms with Gasteiger partial charge < -0.3 is 36.8 Å². The number of hydrogen-bond acceptors (Lipinski definition) is 10. The van der Waals surface area contributed by atoms with Gasteiger partial charge in [-0.05, 0) is 58.4 Å². The van der Waals surface area contributed by atoms with Gasteiger partial charge in [-0.15, -0.1) is 0 Å². The molecular weight excluding hydrogens is 733 g/mol. The molecule has 0 fully saturated rings. The smallest absolute Gasteiger partial charge is 0.251 e. The van der Waals surface area contributed by atoms with E-state index in [1.807, 2.05) is 0 Å². The number of amides is 2. The molecule has 0 saturated carbocycles. The van der Waals surface area contributed by atoms with Crippen LogP contribution in [0.2, 0.25) is 0 Å². The molecule has 12 nitrogen and oxygen atoms in total. The average molecular weight is 829 g/mol. The van der Waals surface area contributed by atoms with E-state index in [9.17, 15) is 30.0 Å². The fourth-order valence-electron chi connectivity index (χ4n) is 7.35.